The van der Waals surface area contributed by atoms with E-state index in [-0.39, 0.29) is 11.9 Å². The van der Waals surface area contributed by atoms with Crippen molar-refractivity contribution in [3.8, 4) is 5.75 Å². The van der Waals surface area contributed by atoms with Gasteiger partial charge in [-0.25, -0.2) is 4.39 Å². The smallest absolute Gasteiger partial charge is 0.165 e. The third-order valence-corrected chi connectivity index (χ3v) is 2.49. The molecule has 1 aromatic rings. The van der Waals surface area contributed by atoms with Crippen LogP contribution < -0.4 is 4.74 Å². The van der Waals surface area contributed by atoms with Gasteiger partial charge >= 0.3 is 0 Å². The standard InChI is InChI=1S/C13H19FO3/c1-9(6-7-16-3)17-13-5-4-11(10(2)15)8-12(13)14/h4-5,8-10,15H,6-7H2,1-3H3/t9?,10-/m1/s1. The number of rotatable bonds is 6. The fraction of sp³-hybridized carbons (Fsp3) is 0.538. The molecule has 0 radical (unpaired) electrons. The third kappa shape index (κ3) is 4.32. The first-order valence-electron chi connectivity index (χ1n) is 5.67. The van der Waals surface area contributed by atoms with Crippen LogP contribution in [0.2, 0.25) is 0 Å². The van der Waals surface area contributed by atoms with Crippen molar-refractivity contribution in [3.05, 3.63) is 29.6 Å². The van der Waals surface area contributed by atoms with Crippen LogP contribution >= 0.6 is 0 Å². The summed E-state index contributed by atoms with van der Waals surface area (Å²) < 4.78 is 24.0. The zero-order chi connectivity index (χ0) is 12.8. The van der Waals surface area contributed by atoms with Crippen molar-refractivity contribution < 1.29 is 19.0 Å². The maximum absolute atomic E-state index is 13.6. The number of ether oxygens (including phenoxy) is 2. The van der Waals surface area contributed by atoms with Crippen molar-refractivity contribution in [2.24, 2.45) is 0 Å². The van der Waals surface area contributed by atoms with Gasteiger partial charge in [0.1, 0.15) is 0 Å². The summed E-state index contributed by atoms with van der Waals surface area (Å²) >= 11 is 0. The van der Waals surface area contributed by atoms with E-state index in [4.69, 9.17) is 9.47 Å². The van der Waals surface area contributed by atoms with Gasteiger partial charge in [-0.1, -0.05) is 6.07 Å². The predicted molar refractivity (Wildman–Crippen MR) is 63.6 cm³/mol. The van der Waals surface area contributed by atoms with Gasteiger partial charge in [0.25, 0.3) is 0 Å². The molecule has 0 aliphatic heterocycles. The van der Waals surface area contributed by atoms with Crippen LogP contribution in [0.25, 0.3) is 0 Å². The number of aliphatic hydroxyl groups is 1. The van der Waals surface area contributed by atoms with Crippen molar-refractivity contribution in [2.45, 2.75) is 32.5 Å². The lowest BCUT2D eigenvalue weighted by Gasteiger charge is -2.15. The largest absolute Gasteiger partial charge is 0.488 e. The lowest BCUT2D eigenvalue weighted by Crippen LogP contribution is -2.15. The highest BCUT2D eigenvalue weighted by Crippen LogP contribution is 2.23. The molecule has 2 atom stereocenters. The number of hydrogen-bond acceptors (Lipinski definition) is 3. The van der Waals surface area contributed by atoms with Crippen LogP contribution in [-0.4, -0.2) is 24.9 Å². The Morgan fingerprint density at radius 2 is 2.06 bits per heavy atom. The van der Waals surface area contributed by atoms with Gasteiger partial charge in [0.05, 0.1) is 12.2 Å². The molecule has 4 heteroatoms. The van der Waals surface area contributed by atoms with Gasteiger partial charge in [-0.2, -0.15) is 0 Å². The fourth-order valence-corrected chi connectivity index (χ4v) is 1.43. The van der Waals surface area contributed by atoms with Crippen LogP contribution in [0.3, 0.4) is 0 Å². The molecule has 17 heavy (non-hydrogen) atoms. The lowest BCUT2D eigenvalue weighted by molar-refractivity contribution is 0.132. The first kappa shape index (κ1) is 13.9. The van der Waals surface area contributed by atoms with Crippen LogP contribution in [0.5, 0.6) is 5.75 Å². The van der Waals surface area contributed by atoms with Crippen molar-refractivity contribution in [2.75, 3.05) is 13.7 Å². The molecule has 1 unspecified atom stereocenters. The van der Waals surface area contributed by atoms with Gasteiger partial charge in [0.15, 0.2) is 11.6 Å². The van der Waals surface area contributed by atoms with E-state index in [2.05, 4.69) is 0 Å². The highest BCUT2D eigenvalue weighted by atomic mass is 19.1. The van der Waals surface area contributed by atoms with Gasteiger partial charge in [0, 0.05) is 20.1 Å². The van der Waals surface area contributed by atoms with E-state index < -0.39 is 11.9 Å². The molecule has 96 valence electrons. The molecule has 0 fully saturated rings. The minimum Gasteiger partial charge on any atom is -0.488 e. The quantitative estimate of drug-likeness (QED) is 0.833. The van der Waals surface area contributed by atoms with Crippen LogP contribution in [0.15, 0.2) is 18.2 Å². The Hall–Kier alpha value is -1.13. The first-order valence-corrected chi connectivity index (χ1v) is 5.67. The van der Waals surface area contributed by atoms with E-state index in [0.717, 1.165) is 0 Å². The molecule has 1 rings (SSSR count). The van der Waals surface area contributed by atoms with Crippen molar-refractivity contribution >= 4 is 0 Å². The van der Waals surface area contributed by atoms with E-state index in [9.17, 15) is 9.50 Å². The highest BCUT2D eigenvalue weighted by molar-refractivity contribution is 5.30. The van der Waals surface area contributed by atoms with E-state index in [1.54, 1.807) is 26.2 Å². The molecule has 0 bridgehead atoms. The molecular weight excluding hydrogens is 223 g/mol. The molecule has 0 saturated heterocycles. The Kier molecular flexibility index (Phi) is 5.38. The monoisotopic (exact) mass is 242 g/mol. The number of aliphatic hydroxyl groups excluding tert-OH is 1. The van der Waals surface area contributed by atoms with Gasteiger partial charge in [-0.05, 0) is 31.5 Å². The van der Waals surface area contributed by atoms with Gasteiger partial charge in [-0.3, -0.25) is 0 Å². The Morgan fingerprint density at radius 3 is 2.59 bits per heavy atom. The molecule has 1 aromatic carbocycles. The minimum atomic E-state index is -0.676. The SMILES string of the molecule is COCCC(C)Oc1ccc([C@@H](C)O)cc1F. The van der Waals surface area contributed by atoms with Crippen molar-refractivity contribution in [3.63, 3.8) is 0 Å². The van der Waals surface area contributed by atoms with Gasteiger partial charge in [0.2, 0.25) is 0 Å². The molecule has 0 aliphatic rings. The summed E-state index contributed by atoms with van der Waals surface area (Å²) in [7, 11) is 1.62. The third-order valence-electron chi connectivity index (χ3n) is 2.49. The zero-order valence-electron chi connectivity index (χ0n) is 10.4. The second-order valence-electron chi connectivity index (χ2n) is 4.08. The molecule has 0 aliphatic carbocycles. The second kappa shape index (κ2) is 6.57. The fourth-order valence-electron chi connectivity index (χ4n) is 1.43. The number of methoxy groups -OCH3 is 1. The Morgan fingerprint density at radius 1 is 1.35 bits per heavy atom. The maximum atomic E-state index is 13.6. The summed E-state index contributed by atoms with van der Waals surface area (Å²) in [5, 5.41) is 9.31. The first-order chi connectivity index (χ1) is 8.04. The average Bonchev–Trinajstić information content (AvgIpc) is 2.28. The summed E-state index contributed by atoms with van der Waals surface area (Å²) in [5.74, 6) is -0.245. The van der Waals surface area contributed by atoms with E-state index in [0.29, 0.717) is 18.6 Å². The number of benzene rings is 1. The highest BCUT2D eigenvalue weighted by Gasteiger charge is 2.10. The van der Waals surface area contributed by atoms with Crippen LogP contribution in [0, 0.1) is 5.82 Å². The maximum Gasteiger partial charge on any atom is 0.165 e. The second-order valence-corrected chi connectivity index (χ2v) is 4.08. The summed E-state index contributed by atoms with van der Waals surface area (Å²) in [6.45, 7) is 4.03. The number of hydrogen-bond donors (Lipinski definition) is 1. The molecular formula is C13H19FO3. The molecule has 0 saturated carbocycles. The van der Waals surface area contributed by atoms with Crippen LogP contribution in [0.4, 0.5) is 4.39 Å². The summed E-state index contributed by atoms with van der Waals surface area (Å²) in [4.78, 5) is 0. The average molecular weight is 242 g/mol. The summed E-state index contributed by atoms with van der Waals surface area (Å²) in [6, 6.07) is 4.50. The molecule has 3 nitrogen and oxygen atoms in total. The number of halogens is 1. The normalized spacial score (nSPS) is 14.4. The van der Waals surface area contributed by atoms with Gasteiger partial charge < -0.3 is 14.6 Å². The minimum absolute atomic E-state index is 0.109. The van der Waals surface area contributed by atoms with Crippen LogP contribution in [-0.2, 0) is 4.74 Å². The molecule has 0 aromatic heterocycles. The molecule has 1 N–H and O–H groups in total. The zero-order valence-corrected chi connectivity index (χ0v) is 10.4. The topological polar surface area (TPSA) is 38.7 Å². The molecule has 0 spiro atoms. The lowest BCUT2D eigenvalue weighted by atomic mass is 10.1. The predicted octanol–water partition coefficient (Wildman–Crippen LogP) is 2.68. The van der Waals surface area contributed by atoms with Crippen molar-refractivity contribution in [1.82, 2.24) is 0 Å². The van der Waals surface area contributed by atoms with Crippen LogP contribution in [0.1, 0.15) is 31.9 Å². The summed E-state index contributed by atoms with van der Waals surface area (Å²) in [6.07, 6.45) is -0.0833. The Balaban J connectivity index is 2.65. The van der Waals surface area contributed by atoms with E-state index in [1.165, 1.54) is 6.07 Å². The van der Waals surface area contributed by atoms with E-state index >= 15 is 0 Å². The Labute approximate surface area is 101 Å². The molecule has 0 heterocycles. The molecule has 0 amide bonds. The van der Waals surface area contributed by atoms with Crippen molar-refractivity contribution in [1.29, 1.82) is 0 Å². The Bertz CT molecular complexity index is 353. The van der Waals surface area contributed by atoms with Gasteiger partial charge in [-0.15, -0.1) is 0 Å². The summed E-state index contributed by atoms with van der Waals surface area (Å²) in [5.41, 5.74) is 0.541. The van der Waals surface area contributed by atoms with E-state index in [1.807, 2.05) is 6.92 Å².